The van der Waals surface area contributed by atoms with Crippen LogP contribution in [0.3, 0.4) is 0 Å². The van der Waals surface area contributed by atoms with Crippen molar-refractivity contribution in [3.8, 4) is 0 Å². The SMILES string of the molecule is CCCCC.Cc1ccccc1C(=O)c1ccccc1C. The molecule has 1 heteroatoms. The van der Waals surface area contributed by atoms with Gasteiger partial charge in [0.2, 0.25) is 0 Å². The van der Waals surface area contributed by atoms with E-state index in [0.29, 0.717) is 0 Å². The van der Waals surface area contributed by atoms with Gasteiger partial charge in [-0.1, -0.05) is 81.6 Å². The highest BCUT2D eigenvalue weighted by Gasteiger charge is 2.12. The number of aryl methyl sites for hydroxylation is 2. The van der Waals surface area contributed by atoms with Crippen LogP contribution in [-0.2, 0) is 0 Å². The molecule has 2 rings (SSSR count). The minimum Gasteiger partial charge on any atom is -0.289 e. The molecule has 2 aromatic rings. The van der Waals surface area contributed by atoms with Gasteiger partial charge in [0.1, 0.15) is 0 Å². The number of carbonyl (C=O) groups is 1. The highest BCUT2D eigenvalue weighted by atomic mass is 16.1. The third kappa shape index (κ3) is 5.18. The van der Waals surface area contributed by atoms with Gasteiger partial charge in [0, 0.05) is 11.1 Å². The summed E-state index contributed by atoms with van der Waals surface area (Å²) in [5, 5.41) is 0. The van der Waals surface area contributed by atoms with Crippen LogP contribution < -0.4 is 0 Å². The van der Waals surface area contributed by atoms with Gasteiger partial charge in [-0.05, 0) is 25.0 Å². The molecule has 1 nitrogen and oxygen atoms in total. The molecule has 0 N–H and O–H groups in total. The van der Waals surface area contributed by atoms with Gasteiger partial charge in [0.05, 0.1) is 0 Å². The van der Waals surface area contributed by atoms with Gasteiger partial charge in [-0.2, -0.15) is 0 Å². The molecule has 0 aliphatic rings. The Kier molecular flexibility index (Phi) is 7.45. The molecule has 0 radical (unpaired) electrons. The molecule has 0 atom stereocenters. The van der Waals surface area contributed by atoms with Gasteiger partial charge in [0.15, 0.2) is 5.78 Å². The number of ketones is 1. The molecule has 0 bridgehead atoms. The molecule has 0 aliphatic heterocycles. The van der Waals surface area contributed by atoms with Crippen molar-refractivity contribution in [2.75, 3.05) is 0 Å². The van der Waals surface area contributed by atoms with Crippen molar-refractivity contribution in [1.82, 2.24) is 0 Å². The highest BCUT2D eigenvalue weighted by Crippen LogP contribution is 2.16. The summed E-state index contributed by atoms with van der Waals surface area (Å²) in [4.78, 5) is 12.3. The van der Waals surface area contributed by atoms with E-state index < -0.39 is 0 Å². The lowest BCUT2D eigenvalue weighted by Gasteiger charge is -2.06. The van der Waals surface area contributed by atoms with E-state index >= 15 is 0 Å². The van der Waals surface area contributed by atoms with Gasteiger partial charge in [0.25, 0.3) is 0 Å². The van der Waals surface area contributed by atoms with Crippen LogP contribution in [0.5, 0.6) is 0 Å². The predicted octanol–water partition coefficient (Wildman–Crippen LogP) is 5.73. The molecule has 0 amide bonds. The molecule has 0 saturated carbocycles. The van der Waals surface area contributed by atoms with E-state index in [0.717, 1.165) is 22.3 Å². The Morgan fingerprint density at radius 1 is 0.762 bits per heavy atom. The molecule has 21 heavy (non-hydrogen) atoms. The smallest absolute Gasteiger partial charge is 0.193 e. The van der Waals surface area contributed by atoms with E-state index in [2.05, 4.69) is 13.8 Å². The standard InChI is InChI=1S/C15H14O.C5H12/c1-11-7-3-5-9-13(11)15(16)14-10-6-4-8-12(14)2;1-3-5-4-2/h3-10H,1-2H3;3-5H2,1-2H3. The van der Waals surface area contributed by atoms with E-state index in [1.165, 1.54) is 19.3 Å². The summed E-state index contributed by atoms with van der Waals surface area (Å²) >= 11 is 0. The molecule has 0 aromatic heterocycles. The summed E-state index contributed by atoms with van der Waals surface area (Å²) in [5.74, 6) is 0.108. The lowest BCUT2D eigenvalue weighted by Crippen LogP contribution is -2.05. The maximum Gasteiger partial charge on any atom is 0.193 e. The van der Waals surface area contributed by atoms with Gasteiger partial charge in [-0.15, -0.1) is 0 Å². The molecular formula is C20H26O. The molecule has 112 valence electrons. The Morgan fingerprint density at radius 3 is 1.43 bits per heavy atom. The molecule has 0 heterocycles. The van der Waals surface area contributed by atoms with E-state index in [-0.39, 0.29) is 5.78 Å². The fourth-order valence-corrected chi connectivity index (χ4v) is 2.15. The number of hydrogen-bond donors (Lipinski definition) is 0. The van der Waals surface area contributed by atoms with Crippen molar-refractivity contribution in [3.05, 3.63) is 70.8 Å². The molecule has 0 spiro atoms. The Bertz CT molecular complexity index is 520. The van der Waals surface area contributed by atoms with E-state index in [4.69, 9.17) is 0 Å². The van der Waals surface area contributed by atoms with Crippen molar-refractivity contribution in [2.45, 2.75) is 47.0 Å². The highest BCUT2D eigenvalue weighted by molar-refractivity contribution is 6.10. The first-order chi connectivity index (χ1) is 10.1. The Morgan fingerprint density at radius 2 is 1.14 bits per heavy atom. The van der Waals surface area contributed by atoms with Crippen LogP contribution in [-0.4, -0.2) is 5.78 Å². The van der Waals surface area contributed by atoms with Gasteiger partial charge in [-0.3, -0.25) is 4.79 Å². The first kappa shape index (κ1) is 17.2. The van der Waals surface area contributed by atoms with Crippen molar-refractivity contribution >= 4 is 5.78 Å². The fraction of sp³-hybridized carbons (Fsp3) is 0.350. The topological polar surface area (TPSA) is 17.1 Å². The number of carbonyl (C=O) groups excluding carboxylic acids is 1. The van der Waals surface area contributed by atoms with Crippen LogP contribution in [0.25, 0.3) is 0 Å². The summed E-state index contributed by atoms with van der Waals surface area (Å²) < 4.78 is 0. The van der Waals surface area contributed by atoms with E-state index in [1.54, 1.807) is 0 Å². The lowest BCUT2D eigenvalue weighted by molar-refractivity contribution is 0.103. The van der Waals surface area contributed by atoms with Crippen LogP contribution >= 0.6 is 0 Å². The van der Waals surface area contributed by atoms with Crippen molar-refractivity contribution in [1.29, 1.82) is 0 Å². The average molecular weight is 282 g/mol. The second-order valence-corrected chi connectivity index (χ2v) is 5.31. The van der Waals surface area contributed by atoms with Crippen molar-refractivity contribution in [2.24, 2.45) is 0 Å². The summed E-state index contributed by atoms with van der Waals surface area (Å²) in [7, 11) is 0. The van der Waals surface area contributed by atoms with Crippen LogP contribution in [0.15, 0.2) is 48.5 Å². The fourth-order valence-electron chi connectivity index (χ4n) is 2.15. The normalized spacial score (nSPS) is 9.71. The summed E-state index contributed by atoms with van der Waals surface area (Å²) in [5.41, 5.74) is 3.63. The summed E-state index contributed by atoms with van der Waals surface area (Å²) in [6.45, 7) is 8.35. The van der Waals surface area contributed by atoms with Crippen LogP contribution in [0, 0.1) is 13.8 Å². The van der Waals surface area contributed by atoms with E-state index in [9.17, 15) is 4.79 Å². The maximum absolute atomic E-state index is 12.3. The first-order valence-corrected chi connectivity index (χ1v) is 7.77. The number of hydrogen-bond acceptors (Lipinski definition) is 1. The van der Waals surface area contributed by atoms with Crippen molar-refractivity contribution in [3.63, 3.8) is 0 Å². The Hall–Kier alpha value is -1.89. The monoisotopic (exact) mass is 282 g/mol. The zero-order valence-electron chi connectivity index (χ0n) is 13.6. The van der Waals surface area contributed by atoms with Gasteiger partial charge in [-0.25, -0.2) is 0 Å². The van der Waals surface area contributed by atoms with Crippen LogP contribution in [0.4, 0.5) is 0 Å². The largest absolute Gasteiger partial charge is 0.289 e. The summed E-state index contributed by atoms with van der Waals surface area (Å²) in [6, 6.07) is 15.4. The second kappa shape index (κ2) is 9.12. The van der Waals surface area contributed by atoms with Crippen molar-refractivity contribution < 1.29 is 4.79 Å². The number of benzene rings is 2. The Balaban J connectivity index is 0.000000383. The number of unbranched alkanes of at least 4 members (excludes halogenated alkanes) is 2. The zero-order chi connectivity index (χ0) is 15.7. The third-order valence-electron chi connectivity index (χ3n) is 3.49. The predicted molar refractivity (Wildman–Crippen MR) is 91.0 cm³/mol. The molecule has 0 saturated heterocycles. The average Bonchev–Trinajstić information content (AvgIpc) is 2.49. The molecule has 2 aromatic carbocycles. The summed E-state index contributed by atoms with van der Waals surface area (Å²) in [6.07, 6.45) is 4.08. The molecule has 0 fully saturated rings. The minimum absolute atomic E-state index is 0.108. The minimum atomic E-state index is 0.108. The lowest BCUT2D eigenvalue weighted by atomic mass is 9.96. The quantitative estimate of drug-likeness (QED) is 0.654. The first-order valence-electron chi connectivity index (χ1n) is 7.77. The Labute approximate surface area is 129 Å². The molecule has 0 aliphatic carbocycles. The third-order valence-corrected chi connectivity index (χ3v) is 3.49. The van der Waals surface area contributed by atoms with Gasteiger partial charge < -0.3 is 0 Å². The molecule has 0 unspecified atom stereocenters. The maximum atomic E-state index is 12.3. The van der Waals surface area contributed by atoms with Crippen LogP contribution in [0.1, 0.15) is 60.2 Å². The number of rotatable bonds is 4. The zero-order valence-corrected chi connectivity index (χ0v) is 13.6. The van der Waals surface area contributed by atoms with E-state index in [1.807, 2.05) is 62.4 Å². The van der Waals surface area contributed by atoms with Crippen LogP contribution in [0.2, 0.25) is 0 Å². The second-order valence-electron chi connectivity index (χ2n) is 5.31. The molecular weight excluding hydrogens is 256 g/mol. The van der Waals surface area contributed by atoms with Gasteiger partial charge >= 0.3 is 0 Å².